The van der Waals surface area contributed by atoms with E-state index in [2.05, 4.69) is 4.40 Å². The fourth-order valence-corrected chi connectivity index (χ4v) is 9.70. The molecule has 13 nitrogen and oxygen atoms in total. The summed E-state index contributed by atoms with van der Waals surface area (Å²) in [5.74, 6) is -5.73. The Labute approximate surface area is 345 Å². The highest BCUT2D eigenvalue weighted by Crippen LogP contribution is 2.58. The number of esters is 2. The molecule has 0 aliphatic heterocycles. The van der Waals surface area contributed by atoms with E-state index >= 15 is 0 Å². The van der Waals surface area contributed by atoms with Crippen molar-refractivity contribution in [3.8, 4) is 11.5 Å². The van der Waals surface area contributed by atoms with Gasteiger partial charge in [-0.1, -0.05) is 54.6 Å². The highest BCUT2D eigenvalue weighted by Gasteiger charge is 2.56. The summed E-state index contributed by atoms with van der Waals surface area (Å²) in [6, 6.07) is 22.1. The molecule has 20 heteroatoms. The van der Waals surface area contributed by atoms with Crippen LogP contribution >= 0.6 is 45.2 Å². The summed E-state index contributed by atoms with van der Waals surface area (Å²) in [6.07, 6.45) is 0. The maximum absolute atomic E-state index is 14.0. The van der Waals surface area contributed by atoms with Crippen LogP contribution in [-0.2, 0) is 39.2 Å². The van der Waals surface area contributed by atoms with E-state index in [1.165, 1.54) is 18.2 Å². The molecule has 0 N–H and O–H groups in total. The molecule has 2 bridgehead atoms. The van der Waals surface area contributed by atoms with Crippen molar-refractivity contribution < 1.29 is 68.2 Å². The number of fused-ring (bicyclic) bond motifs is 1. The lowest BCUT2D eigenvalue weighted by atomic mass is 9.54. The van der Waals surface area contributed by atoms with Crippen LogP contribution in [0, 0.1) is 19.0 Å². The molecule has 0 radical (unpaired) electrons. The molecule has 2 unspecified atom stereocenters. The first-order valence-electron chi connectivity index (χ1n) is 16.3. The predicted octanol–water partition coefficient (Wildman–Crippen LogP) is 4.82. The maximum Gasteiger partial charge on any atom is 0.518 e. The van der Waals surface area contributed by atoms with Gasteiger partial charge in [0.2, 0.25) is 0 Å². The Morgan fingerprint density at radius 1 is 0.696 bits per heavy atom. The lowest BCUT2D eigenvalue weighted by Crippen LogP contribution is -2.48. The van der Waals surface area contributed by atoms with Crippen molar-refractivity contribution >= 4 is 83.2 Å². The van der Waals surface area contributed by atoms with Crippen molar-refractivity contribution in [2.24, 2.45) is 16.2 Å². The largest absolute Gasteiger partial charge is 0.858 e. The van der Waals surface area contributed by atoms with Gasteiger partial charge in [-0.3, -0.25) is 9.59 Å². The quantitative estimate of drug-likeness (QED) is 0.0443. The molecule has 0 fully saturated rings. The number of carbonyl (C=O) groups excluding carboxylic acids is 2. The third-order valence-electron chi connectivity index (χ3n) is 9.01. The molecule has 4 aromatic rings. The van der Waals surface area contributed by atoms with E-state index in [9.17, 15) is 49.3 Å². The van der Waals surface area contributed by atoms with Crippen LogP contribution in [0.2, 0.25) is 0 Å². The third-order valence-corrected chi connectivity index (χ3v) is 13.0. The van der Waals surface area contributed by atoms with Crippen molar-refractivity contribution in [2.45, 2.75) is 22.2 Å². The molecule has 0 spiro atoms. The van der Waals surface area contributed by atoms with Crippen LogP contribution in [0.5, 0.6) is 11.5 Å². The van der Waals surface area contributed by atoms with E-state index in [1.807, 2.05) is 48.5 Å². The number of hydrogen-bond donors (Lipinski definition) is 0. The molecule has 2 atom stereocenters. The molecule has 3 aliphatic carbocycles. The third kappa shape index (κ3) is 8.62. The molecule has 0 heterocycles. The number of sulfonamides is 1. The maximum atomic E-state index is 14.0. The topological polar surface area (TPSA) is 198 Å². The van der Waals surface area contributed by atoms with Gasteiger partial charge in [0.25, 0.3) is 0 Å². The van der Waals surface area contributed by atoms with Gasteiger partial charge in [-0.05, 0) is 103 Å². The minimum Gasteiger partial charge on any atom is -0.858 e. The molecule has 7 rings (SSSR count). The van der Waals surface area contributed by atoms with Crippen LogP contribution < -0.4 is 14.6 Å². The van der Waals surface area contributed by atoms with Crippen molar-refractivity contribution in [3.05, 3.63) is 120 Å². The van der Waals surface area contributed by atoms with Crippen LogP contribution in [0.4, 0.5) is 13.2 Å². The monoisotopic (exact) mass is 1040 g/mol. The molecular weight excluding hydrogens is 1010 g/mol. The van der Waals surface area contributed by atoms with Gasteiger partial charge in [0.15, 0.2) is 0 Å². The SMILES string of the molecule is O=C(OCCOc1ccc(S(=O)(=O)[O-])c(I)c1)C1C2c3ccccc3C(c3ccccc32)C1C(=O)OCCOc1ccc(/C([O-])=N\S(=O)(=O)C(F)(F)F)cc1I. The van der Waals surface area contributed by atoms with Crippen molar-refractivity contribution in [3.63, 3.8) is 0 Å². The lowest BCUT2D eigenvalue weighted by molar-refractivity contribution is -0.212. The van der Waals surface area contributed by atoms with E-state index in [4.69, 9.17) is 18.9 Å². The van der Waals surface area contributed by atoms with Gasteiger partial charge in [0.05, 0.1) is 20.3 Å². The van der Waals surface area contributed by atoms with Gasteiger partial charge in [-0.25, -0.2) is 8.42 Å². The van der Waals surface area contributed by atoms with E-state index in [1.54, 1.807) is 45.2 Å². The van der Waals surface area contributed by atoms with Crippen LogP contribution in [0.15, 0.2) is 94.2 Å². The average Bonchev–Trinajstić information content (AvgIpc) is 3.14. The molecule has 56 heavy (non-hydrogen) atoms. The van der Waals surface area contributed by atoms with Gasteiger partial charge in [-0.2, -0.15) is 26.0 Å². The first kappa shape index (κ1) is 41.6. The summed E-state index contributed by atoms with van der Waals surface area (Å²) in [6.45, 7) is -0.837. The second-order valence-corrected chi connectivity index (χ2v) is 17.6. The standard InChI is InChI=1S/C36H28F3I2NO12S2/c37-36(38,39)56(49,50)42-33(43)19-9-11-27(25(40)17-19)52-14-16-54-35(45)32-30-23-7-3-1-5-21(23)29(22-6-2-4-8-24(22)30)31(32)34(44)53-15-13-51-20-10-12-28(26(41)18-20)55(46,47)48/h1-12,17-18,29-32H,13-16H2,(H,42,43)(H,46,47,48)/p-2. The molecule has 0 saturated heterocycles. The number of carbonyl (C=O) groups is 2. The summed E-state index contributed by atoms with van der Waals surface area (Å²) >= 11 is 3.43. The van der Waals surface area contributed by atoms with Gasteiger partial charge in [0.1, 0.15) is 48.0 Å². The fraction of sp³-hybridized carbons (Fsp3) is 0.250. The van der Waals surface area contributed by atoms with Crippen LogP contribution in [0.25, 0.3) is 0 Å². The number of ether oxygens (including phenoxy) is 4. The highest BCUT2D eigenvalue weighted by atomic mass is 127. The number of halogens is 5. The number of nitrogens with zero attached hydrogens (tertiary/aromatic N) is 1. The minimum atomic E-state index is -6.04. The van der Waals surface area contributed by atoms with E-state index in [-0.39, 0.29) is 45.1 Å². The van der Waals surface area contributed by atoms with E-state index in [0.717, 1.165) is 40.5 Å². The van der Waals surface area contributed by atoms with Crippen molar-refractivity contribution in [1.29, 1.82) is 0 Å². The Morgan fingerprint density at radius 2 is 1.20 bits per heavy atom. The molecule has 3 aliphatic rings. The van der Waals surface area contributed by atoms with Crippen LogP contribution in [0.3, 0.4) is 0 Å². The van der Waals surface area contributed by atoms with Crippen LogP contribution in [-0.4, -0.2) is 71.2 Å². The zero-order valence-corrected chi connectivity index (χ0v) is 34.2. The zero-order chi connectivity index (χ0) is 40.6. The second kappa shape index (κ2) is 16.5. The van der Waals surface area contributed by atoms with E-state index < -0.39 is 77.6 Å². The number of alkyl halides is 3. The molecule has 0 saturated carbocycles. The summed E-state index contributed by atoms with van der Waals surface area (Å²) in [7, 11) is -10.7. The summed E-state index contributed by atoms with van der Waals surface area (Å²) < 4.78 is 120. The molecule has 296 valence electrons. The Hall–Kier alpha value is -4.00. The van der Waals surface area contributed by atoms with E-state index in [0.29, 0.717) is 0 Å². The van der Waals surface area contributed by atoms with Crippen molar-refractivity contribution in [2.75, 3.05) is 26.4 Å². The first-order chi connectivity index (χ1) is 26.4. The zero-order valence-electron chi connectivity index (χ0n) is 28.3. The minimum absolute atomic E-state index is 0.124. The van der Waals surface area contributed by atoms with Gasteiger partial charge >= 0.3 is 27.5 Å². The summed E-state index contributed by atoms with van der Waals surface area (Å²) in [5, 5.41) is 12.1. The van der Waals surface area contributed by atoms with Crippen LogP contribution in [0.1, 0.15) is 39.7 Å². The van der Waals surface area contributed by atoms with Gasteiger partial charge in [-0.15, -0.1) is 0 Å². The Bertz CT molecular complexity index is 2400. The second-order valence-electron chi connectivity index (χ2n) is 12.3. The average molecular weight is 1040 g/mol. The molecule has 0 amide bonds. The Morgan fingerprint density at radius 3 is 1.64 bits per heavy atom. The summed E-state index contributed by atoms with van der Waals surface area (Å²) in [4.78, 5) is 27.6. The highest BCUT2D eigenvalue weighted by molar-refractivity contribution is 14.1. The number of hydrogen-bond acceptors (Lipinski definition) is 12. The summed E-state index contributed by atoms with van der Waals surface area (Å²) in [5.41, 5.74) is -2.71. The first-order valence-corrected chi connectivity index (χ1v) is 21.3. The van der Waals surface area contributed by atoms with Gasteiger partial charge in [0, 0.05) is 21.3 Å². The molecular formula is C36H26F3I2NO12S2-2. The Balaban J connectivity index is 1.15. The molecule has 4 aromatic carbocycles. The lowest BCUT2D eigenvalue weighted by Gasteiger charge is -2.48. The smallest absolute Gasteiger partial charge is 0.518 e. The number of rotatable bonds is 13. The fourth-order valence-electron chi connectivity index (χ4n) is 6.77. The van der Waals surface area contributed by atoms with Gasteiger partial charge < -0.3 is 28.6 Å². The molecule has 0 aromatic heterocycles. The van der Waals surface area contributed by atoms with Crippen molar-refractivity contribution in [1.82, 2.24) is 0 Å². The predicted molar refractivity (Wildman–Crippen MR) is 204 cm³/mol. The number of benzene rings is 4. The normalized spacial score (nSPS) is 19.1. The Kier molecular flexibility index (Phi) is 12.2.